The van der Waals surface area contributed by atoms with Gasteiger partial charge in [0, 0.05) is 12.3 Å². The molecule has 1 spiro atoms. The standard InChI is InChI=1S/C22H34O5/c1-15(23)26-14-16-7-8-17-19(2,3)9-6-10-21(17,5)22(16)12-11-20(4,27-22)13-18(24)25/h7,17H,6,8-14H2,1-5H3,(H,24,25)/t17-,20-,21+,22-/m0/s1. The maximum atomic E-state index is 11.5. The summed E-state index contributed by atoms with van der Waals surface area (Å²) in [5, 5.41) is 9.38. The first-order valence-corrected chi connectivity index (χ1v) is 10.2. The number of aliphatic carboxylic acids is 1. The van der Waals surface area contributed by atoms with Gasteiger partial charge in [0.2, 0.25) is 0 Å². The Balaban J connectivity index is 2.04. The quantitative estimate of drug-likeness (QED) is 0.576. The molecular formula is C22H34O5. The van der Waals surface area contributed by atoms with Crippen molar-refractivity contribution in [3.63, 3.8) is 0 Å². The molecule has 2 aliphatic carbocycles. The van der Waals surface area contributed by atoms with Gasteiger partial charge in [0.05, 0.1) is 17.6 Å². The highest BCUT2D eigenvalue weighted by Crippen LogP contribution is 2.66. The van der Waals surface area contributed by atoms with Gasteiger partial charge in [-0.25, -0.2) is 0 Å². The minimum atomic E-state index is -0.832. The van der Waals surface area contributed by atoms with Crippen LogP contribution in [0.15, 0.2) is 11.6 Å². The Morgan fingerprint density at radius 1 is 1.19 bits per heavy atom. The van der Waals surface area contributed by atoms with Crippen molar-refractivity contribution in [1.29, 1.82) is 0 Å². The number of ether oxygens (including phenoxy) is 2. The summed E-state index contributed by atoms with van der Waals surface area (Å²) in [6.07, 6.45) is 8.06. The number of allylic oxidation sites excluding steroid dienone is 1. The molecule has 5 nitrogen and oxygen atoms in total. The maximum absolute atomic E-state index is 11.5. The number of rotatable bonds is 4. The van der Waals surface area contributed by atoms with Crippen molar-refractivity contribution in [1.82, 2.24) is 0 Å². The van der Waals surface area contributed by atoms with E-state index in [1.165, 1.54) is 13.3 Å². The van der Waals surface area contributed by atoms with Crippen LogP contribution in [-0.4, -0.2) is 34.9 Å². The van der Waals surface area contributed by atoms with Gasteiger partial charge in [0.25, 0.3) is 0 Å². The molecular weight excluding hydrogens is 344 g/mol. The highest BCUT2D eigenvalue weighted by molar-refractivity contribution is 5.68. The SMILES string of the molecule is CC(=O)OCC1=CC[C@H]2C(C)(C)CCC[C@@]2(C)[C@]12CC[C@@](C)(CC(=O)O)O2. The Bertz CT molecular complexity index is 666. The molecule has 27 heavy (non-hydrogen) atoms. The molecule has 0 aromatic heterocycles. The summed E-state index contributed by atoms with van der Waals surface area (Å²) < 4.78 is 12.1. The summed E-state index contributed by atoms with van der Waals surface area (Å²) >= 11 is 0. The van der Waals surface area contributed by atoms with Gasteiger partial charge < -0.3 is 14.6 Å². The van der Waals surface area contributed by atoms with Crippen LogP contribution in [0.4, 0.5) is 0 Å². The molecule has 1 aliphatic heterocycles. The number of carbonyl (C=O) groups is 2. The number of fused-ring (bicyclic) bond motifs is 2. The smallest absolute Gasteiger partial charge is 0.306 e. The largest absolute Gasteiger partial charge is 0.481 e. The molecule has 0 unspecified atom stereocenters. The lowest BCUT2D eigenvalue weighted by Gasteiger charge is -2.61. The molecule has 1 heterocycles. The average Bonchev–Trinajstić information content (AvgIpc) is 2.86. The minimum Gasteiger partial charge on any atom is -0.481 e. The van der Waals surface area contributed by atoms with Crippen molar-refractivity contribution < 1.29 is 24.2 Å². The van der Waals surface area contributed by atoms with Gasteiger partial charge in [-0.15, -0.1) is 0 Å². The van der Waals surface area contributed by atoms with E-state index in [0.717, 1.165) is 31.3 Å². The molecule has 3 rings (SSSR count). The predicted octanol–water partition coefficient (Wildman–Crippen LogP) is 4.49. The third-order valence-electron chi connectivity index (χ3n) is 7.65. The fourth-order valence-corrected chi connectivity index (χ4v) is 6.37. The second-order valence-corrected chi connectivity index (χ2v) is 10.0. The van der Waals surface area contributed by atoms with E-state index in [9.17, 15) is 14.7 Å². The first-order chi connectivity index (χ1) is 12.4. The van der Waals surface area contributed by atoms with E-state index in [1.807, 2.05) is 6.92 Å². The monoisotopic (exact) mass is 378 g/mol. The molecule has 2 fully saturated rings. The van der Waals surface area contributed by atoms with Crippen LogP contribution < -0.4 is 0 Å². The Morgan fingerprint density at radius 2 is 1.89 bits per heavy atom. The molecule has 0 aromatic carbocycles. The lowest BCUT2D eigenvalue weighted by molar-refractivity contribution is -0.196. The van der Waals surface area contributed by atoms with Crippen LogP contribution in [0.3, 0.4) is 0 Å². The van der Waals surface area contributed by atoms with Crippen molar-refractivity contribution in [2.75, 3.05) is 6.61 Å². The van der Waals surface area contributed by atoms with Gasteiger partial charge in [-0.3, -0.25) is 9.59 Å². The number of carboxylic acids is 1. The first-order valence-electron chi connectivity index (χ1n) is 10.2. The molecule has 1 saturated heterocycles. The van der Waals surface area contributed by atoms with Gasteiger partial charge in [-0.2, -0.15) is 0 Å². The van der Waals surface area contributed by atoms with Crippen LogP contribution >= 0.6 is 0 Å². The summed E-state index contributed by atoms with van der Waals surface area (Å²) in [7, 11) is 0. The summed E-state index contributed by atoms with van der Waals surface area (Å²) in [6, 6.07) is 0. The highest BCUT2D eigenvalue weighted by atomic mass is 16.5. The van der Waals surface area contributed by atoms with Crippen LogP contribution in [-0.2, 0) is 19.1 Å². The highest BCUT2D eigenvalue weighted by Gasteiger charge is 2.65. The molecule has 1 N–H and O–H groups in total. The maximum Gasteiger partial charge on any atom is 0.306 e. The molecule has 152 valence electrons. The molecule has 5 heteroatoms. The second-order valence-electron chi connectivity index (χ2n) is 10.0. The molecule has 0 aromatic rings. The molecule has 0 bridgehead atoms. The Hall–Kier alpha value is -1.36. The van der Waals surface area contributed by atoms with Crippen LogP contribution in [0.5, 0.6) is 0 Å². The molecule has 4 atom stereocenters. The van der Waals surface area contributed by atoms with Gasteiger partial charge in [-0.05, 0) is 55.9 Å². The topological polar surface area (TPSA) is 72.8 Å². The van der Waals surface area contributed by atoms with Crippen LogP contribution in [0, 0.1) is 16.7 Å². The van der Waals surface area contributed by atoms with Crippen LogP contribution in [0.25, 0.3) is 0 Å². The summed E-state index contributed by atoms with van der Waals surface area (Å²) in [5.74, 6) is -0.665. The number of carbonyl (C=O) groups excluding carboxylic acids is 1. The Labute approximate surface area is 162 Å². The zero-order valence-electron chi connectivity index (χ0n) is 17.4. The fraction of sp³-hybridized carbons (Fsp3) is 0.818. The van der Waals surface area contributed by atoms with E-state index in [4.69, 9.17) is 9.47 Å². The van der Waals surface area contributed by atoms with Crippen molar-refractivity contribution in [3.05, 3.63) is 11.6 Å². The molecule has 3 aliphatic rings. The lowest BCUT2D eigenvalue weighted by Crippen LogP contribution is -2.60. The van der Waals surface area contributed by atoms with E-state index in [2.05, 4.69) is 26.8 Å². The van der Waals surface area contributed by atoms with Crippen molar-refractivity contribution in [3.8, 4) is 0 Å². The van der Waals surface area contributed by atoms with E-state index in [0.29, 0.717) is 12.3 Å². The Kier molecular flexibility index (Phi) is 4.99. The van der Waals surface area contributed by atoms with Crippen molar-refractivity contribution >= 4 is 11.9 Å². The van der Waals surface area contributed by atoms with E-state index in [-0.39, 0.29) is 29.8 Å². The zero-order chi connectivity index (χ0) is 20.1. The second kappa shape index (κ2) is 6.61. The van der Waals surface area contributed by atoms with E-state index in [1.54, 1.807) is 0 Å². The van der Waals surface area contributed by atoms with Crippen molar-refractivity contribution in [2.24, 2.45) is 16.7 Å². The zero-order valence-corrected chi connectivity index (χ0v) is 17.4. The Morgan fingerprint density at radius 3 is 2.52 bits per heavy atom. The molecule has 0 amide bonds. The lowest BCUT2D eigenvalue weighted by atomic mass is 9.46. The molecule has 0 radical (unpaired) electrons. The number of hydrogen-bond donors (Lipinski definition) is 1. The summed E-state index contributed by atoms with van der Waals surface area (Å²) in [5.41, 5.74) is -0.0855. The third-order valence-corrected chi connectivity index (χ3v) is 7.65. The number of esters is 1. The molecule has 1 saturated carbocycles. The van der Waals surface area contributed by atoms with E-state index >= 15 is 0 Å². The van der Waals surface area contributed by atoms with E-state index < -0.39 is 17.2 Å². The van der Waals surface area contributed by atoms with Crippen LogP contribution in [0.1, 0.15) is 79.6 Å². The average molecular weight is 379 g/mol. The fourth-order valence-electron chi connectivity index (χ4n) is 6.37. The number of carboxylic acid groups (broad SMARTS) is 1. The minimum absolute atomic E-state index is 0.000263. The third kappa shape index (κ3) is 3.32. The van der Waals surface area contributed by atoms with Crippen LogP contribution in [0.2, 0.25) is 0 Å². The normalized spacial score (nSPS) is 40.3. The van der Waals surface area contributed by atoms with Gasteiger partial charge in [0.1, 0.15) is 6.61 Å². The van der Waals surface area contributed by atoms with Gasteiger partial charge in [-0.1, -0.05) is 33.3 Å². The first kappa shape index (κ1) is 20.4. The summed E-state index contributed by atoms with van der Waals surface area (Å²) in [6.45, 7) is 10.6. The van der Waals surface area contributed by atoms with Gasteiger partial charge in [0.15, 0.2) is 0 Å². The van der Waals surface area contributed by atoms with Gasteiger partial charge >= 0.3 is 11.9 Å². The predicted molar refractivity (Wildman–Crippen MR) is 102 cm³/mol. The summed E-state index contributed by atoms with van der Waals surface area (Å²) in [4.78, 5) is 22.9. The number of hydrogen-bond acceptors (Lipinski definition) is 4. The van der Waals surface area contributed by atoms with Crippen molar-refractivity contribution in [2.45, 2.75) is 90.8 Å².